The van der Waals surface area contributed by atoms with E-state index in [2.05, 4.69) is 197 Å². The molecule has 0 amide bonds. The Morgan fingerprint density at radius 2 is 1.00 bits per heavy atom. The molecular formula is C50H41NSi. The lowest BCUT2D eigenvalue weighted by molar-refractivity contribution is 0.660. The summed E-state index contributed by atoms with van der Waals surface area (Å²) in [5, 5.41) is 8.14. The van der Waals surface area contributed by atoms with Gasteiger partial charge in [0.2, 0.25) is 0 Å². The number of fused-ring (bicyclic) bond motifs is 7. The molecule has 0 spiro atoms. The zero-order valence-electron chi connectivity index (χ0n) is 30.5. The van der Waals surface area contributed by atoms with E-state index in [0.29, 0.717) is 0 Å². The van der Waals surface area contributed by atoms with Crippen LogP contribution in [0.25, 0.3) is 66.1 Å². The van der Waals surface area contributed by atoms with E-state index in [4.69, 9.17) is 0 Å². The molecule has 0 atom stereocenters. The molecule has 1 nitrogen and oxygen atoms in total. The second-order valence-electron chi connectivity index (χ2n) is 15.8. The lowest BCUT2D eigenvalue weighted by Gasteiger charge is -2.39. The summed E-state index contributed by atoms with van der Waals surface area (Å²) >= 11 is 0. The van der Waals surface area contributed by atoms with Crippen LogP contribution in [0.15, 0.2) is 158 Å². The van der Waals surface area contributed by atoms with Crippen molar-refractivity contribution < 1.29 is 0 Å². The number of anilines is 2. The Hall–Kier alpha value is -5.70. The van der Waals surface area contributed by atoms with Gasteiger partial charge in [-0.1, -0.05) is 160 Å². The second kappa shape index (κ2) is 11.1. The largest absolute Gasteiger partial charge is 0.345 e. The van der Waals surface area contributed by atoms with Crippen LogP contribution < -0.4 is 15.3 Å². The number of nitrogens with zero attached hydrogens (tertiary/aromatic N) is 1. The molecule has 2 heteroatoms. The van der Waals surface area contributed by atoms with Gasteiger partial charge in [-0.15, -0.1) is 0 Å². The van der Waals surface area contributed by atoms with Gasteiger partial charge in [0.05, 0.1) is 0 Å². The lowest BCUT2D eigenvalue weighted by atomic mass is 9.81. The molecule has 1 aliphatic heterocycles. The van der Waals surface area contributed by atoms with Crippen LogP contribution in [0.3, 0.4) is 0 Å². The first kappa shape index (κ1) is 31.1. The summed E-state index contributed by atoms with van der Waals surface area (Å²) in [6.45, 7) is 9.72. The monoisotopic (exact) mass is 683 g/mol. The van der Waals surface area contributed by atoms with E-state index in [1.54, 1.807) is 0 Å². The van der Waals surface area contributed by atoms with Gasteiger partial charge in [-0.25, -0.2) is 0 Å². The number of hydrogen-bond acceptors (Lipinski definition) is 1. The quantitative estimate of drug-likeness (QED) is 0.132. The van der Waals surface area contributed by atoms with Gasteiger partial charge >= 0.3 is 0 Å². The molecule has 0 saturated heterocycles. The van der Waals surface area contributed by atoms with E-state index in [-0.39, 0.29) is 5.41 Å². The zero-order valence-corrected chi connectivity index (χ0v) is 31.5. The van der Waals surface area contributed by atoms with Crippen molar-refractivity contribution in [2.24, 2.45) is 0 Å². The van der Waals surface area contributed by atoms with Crippen molar-refractivity contribution >= 4 is 51.4 Å². The smallest absolute Gasteiger partial charge is 0.117 e. The summed E-state index contributed by atoms with van der Waals surface area (Å²) in [4.78, 5) is 2.42. The maximum absolute atomic E-state index is 2.50. The third kappa shape index (κ3) is 4.34. The molecule has 0 fully saturated rings. The fourth-order valence-corrected chi connectivity index (χ4v) is 12.6. The van der Waals surface area contributed by atoms with E-state index in [1.165, 1.54) is 98.9 Å². The molecular weight excluding hydrogens is 643 g/mol. The second-order valence-corrected chi connectivity index (χ2v) is 20.1. The highest BCUT2D eigenvalue weighted by molar-refractivity contribution is 7.02. The van der Waals surface area contributed by atoms with Gasteiger partial charge in [-0.3, -0.25) is 0 Å². The molecule has 0 aromatic heterocycles. The van der Waals surface area contributed by atoms with Crippen molar-refractivity contribution in [3.05, 3.63) is 169 Å². The summed E-state index contributed by atoms with van der Waals surface area (Å²) < 4.78 is 0. The van der Waals surface area contributed by atoms with E-state index in [1.807, 2.05) is 0 Å². The minimum absolute atomic E-state index is 0.0313. The van der Waals surface area contributed by atoms with E-state index >= 15 is 0 Å². The lowest BCUT2D eigenvalue weighted by Crippen LogP contribution is -2.58. The van der Waals surface area contributed by atoms with Crippen molar-refractivity contribution in [3.8, 4) is 44.5 Å². The minimum Gasteiger partial charge on any atom is -0.345 e. The summed E-state index contributed by atoms with van der Waals surface area (Å²) in [5.74, 6) is 0. The highest BCUT2D eigenvalue weighted by Gasteiger charge is 2.38. The van der Waals surface area contributed by atoms with E-state index < -0.39 is 8.07 Å². The molecule has 1 aliphatic carbocycles. The van der Waals surface area contributed by atoms with Crippen LogP contribution in [0.2, 0.25) is 13.1 Å². The first-order valence-corrected chi connectivity index (χ1v) is 21.5. The number of hydrogen-bond donors (Lipinski definition) is 0. The average molecular weight is 684 g/mol. The molecule has 0 N–H and O–H groups in total. The Bertz CT molecular complexity index is 2750. The summed E-state index contributed by atoms with van der Waals surface area (Å²) in [6, 6.07) is 59.6. The van der Waals surface area contributed by atoms with Gasteiger partial charge in [0.25, 0.3) is 0 Å². The summed E-state index contributed by atoms with van der Waals surface area (Å²) in [7, 11) is 0.351. The number of rotatable bonds is 3. The molecule has 0 bridgehead atoms. The highest BCUT2D eigenvalue weighted by Crippen LogP contribution is 2.51. The van der Waals surface area contributed by atoms with Crippen molar-refractivity contribution in [2.45, 2.75) is 32.4 Å². The molecule has 250 valence electrons. The average Bonchev–Trinajstić information content (AvgIpc) is 3.41. The van der Waals surface area contributed by atoms with Crippen molar-refractivity contribution in [3.63, 3.8) is 0 Å². The van der Waals surface area contributed by atoms with Gasteiger partial charge in [0, 0.05) is 23.8 Å². The van der Waals surface area contributed by atoms with E-state index in [0.717, 1.165) is 0 Å². The van der Waals surface area contributed by atoms with Crippen LogP contribution in [-0.4, -0.2) is 15.1 Å². The predicted molar refractivity (Wildman–Crippen MR) is 227 cm³/mol. The van der Waals surface area contributed by atoms with E-state index in [9.17, 15) is 0 Å². The topological polar surface area (TPSA) is 3.24 Å². The van der Waals surface area contributed by atoms with Crippen LogP contribution >= 0.6 is 0 Å². The van der Waals surface area contributed by atoms with Crippen LogP contribution in [0, 0.1) is 0 Å². The first-order valence-electron chi connectivity index (χ1n) is 18.5. The van der Waals surface area contributed by atoms with Crippen LogP contribution in [-0.2, 0) is 5.41 Å². The standard InChI is InChI=1S/C50H41NSi/c1-50(2)42-20-12-11-17-36(42)40-30-34(24-27-43(40)50)49-38-19-10-9-18-37(38)48(39-26-23-33(29-41(39)49)32-15-7-6-8-16-32)35-25-28-47-45(31-35)51(3)44-21-13-14-22-46(44)52(47,4)5/h6-31H,1-5H3. The van der Waals surface area contributed by atoms with Gasteiger partial charge in [0.1, 0.15) is 8.07 Å². The normalized spacial score (nSPS) is 14.9. The fourth-order valence-electron chi connectivity index (χ4n) is 9.55. The molecule has 10 rings (SSSR count). The number of para-hydroxylation sites is 1. The summed E-state index contributed by atoms with van der Waals surface area (Å²) in [6.07, 6.45) is 0. The predicted octanol–water partition coefficient (Wildman–Crippen LogP) is 12.2. The maximum Gasteiger partial charge on any atom is 0.117 e. The summed E-state index contributed by atoms with van der Waals surface area (Å²) in [5.41, 5.74) is 15.7. The Labute approximate surface area is 307 Å². The van der Waals surface area contributed by atoms with Crippen molar-refractivity contribution in [2.75, 3.05) is 11.9 Å². The molecule has 1 heterocycles. The SMILES string of the molecule is CN1c2ccccc2[Si](C)(C)c2ccc(-c3c4ccccc4c(-c4ccc5c(c4)-c4ccccc4C5(C)C)c4cc(-c5ccccc5)ccc34)cc21. The van der Waals surface area contributed by atoms with Gasteiger partial charge < -0.3 is 4.90 Å². The Balaban J connectivity index is 1.27. The first-order chi connectivity index (χ1) is 25.2. The van der Waals surface area contributed by atoms with Crippen LogP contribution in [0.5, 0.6) is 0 Å². The van der Waals surface area contributed by atoms with Crippen molar-refractivity contribution in [1.29, 1.82) is 0 Å². The molecule has 8 aromatic carbocycles. The molecule has 8 aromatic rings. The Morgan fingerprint density at radius 1 is 0.423 bits per heavy atom. The van der Waals surface area contributed by atoms with Crippen LogP contribution in [0.1, 0.15) is 25.0 Å². The van der Waals surface area contributed by atoms with Gasteiger partial charge in [0.15, 0.2) is 0 Å². The number of benzene rings is 8. The third-order valence-corrected chi connectivity index (χ3v) is 15.8. The minimum atomic E-state index is -1.89. The molecule has 52 heavy (non-hydrogen) atoms. The maximum atomic E-state index is 2.50. The highest BCUT2D eigenvalue weighted by atomic mass is 28.3. The molecule has 0 saturated carbocycles. The molecule has 2 aliphatic rings. The Kier molecular flexibility index (Phi) is 6.66. The van der Waals surface area contributed by atoms with Gasteiger partial charge in [-0.05, 0) is 112 Å². The molecule has 0 unspecified atom stereocenters. The third-order valence-electron chi connectivity index (χ3n) is 12.3. The Morgan fingerprint density at radius 3 is 1.81 bits per heavy atom. The molecule has 0 radical (unpaired) electrons. The van der Waals surface area contributed by atoms with Gasteiger partial charge in [-0.2, -0.15) is 0 Å². The van der Waals surface area contributed by atoms with Crippen molar-refractivity contribution in [1.82, 2.24) is 0 Å². The van der Waals surface area contributed by atoms with Crippen LogP contribution in [0.4, 0.5) is 11.4 Å². The fraction of sp³-hybridized carbons (Fsp3) is 0.120. The zero-order chi connectivity index (χ0) is 35.4.